The number of methoxy groups -OCH3 is 1. The summed E-state index contributed by atoms with van der Waals surface area (Å²) in [4.78, 5) is 0. The minimum absolute atomic E-state index is 0.272. The van der Waals surface area contributed by atoms with Crippen molar-refractivity contribution in [3.05, 3.63) is 84.4 Å². The standard InChI is InChI=1S/C23H28O5/c1-3-14-23(27-16-19-12-8-5-9-13-19)20(28-22(25-2)21(23)24)17-26-15-18-10-6-4-7-11-18/h3-13,20-22,24H,1,14-17H2,2H3/t20-,21+,22-,23-/m1/s1. The van der Waals surface area contributed by atoms with Crippen LogP contribution in [-0.2, 0) is 32.2 Å². The highest BCUT2D eigenvalue weighted by atomic mass is 16.7. The summed E-state index contributed by atoms with van der Waals surface area (Å²) in [7, 11) is 1.51. The van der Waals surface area contributed by atoms with Crippen molar-refractivity contribution in [2.45, 2.75) is 43.7 Å². The summed E-state index contributed by atoms with van der Waals surface area (Å²) in [6.07, 6.45) is -0.0662. The number of rotatable bonds is 10. The number of ether oxygens (including phenoxy) is 4. The fourth-order valence-corrected chi connectivity index (χ4v) is 3.50. The first-order valence-electron chi connectivity index (χ1n) is 9.46. The Morgan fingerprint density at radius 2 is 1.64 bits per heavy atom. The van der Waals surface area contributed by atoms with Gasteiger partial charge in [0.15, 0.2) is 6.29 Å². The van der Waals surface area contributed by atoms with Crippen molar-refractivity contribution in [2.24, 2.45) is 0 Å². The quantitative estimate of drug-likeness (QED) is 0.636. The van der Waals surface area contributed by atoms with Crippen LogP contribution in [0.25, 0.3) is 0 Å². The third kappa shape index (κ3) is 4.69. The van der Waals surface area contributed by atoms with Crippen LogP contribution in [0.2, 0.25) is 0 Å². The van der Waals surface area contributed by atoms with Crippen LogP contribution >= 0.6 is 0 Å². The zero-order valence-electron chi connectivity index (χ0n) is 16.2. The Bertz CT molecular complexity index is 720. The Kier molecular flexibility index (Phi) is 7.36. The molecule has 1 fully saturated rings. The lowest BCUT2D eigenvalue weighted by Gasteiger charge is -2.35. The van der Waals surface area contributed by atoms with Crippen LogP contribution < -0.4 is 0 Å². The Morgan fingerprint density at radius 1 is 1.04 bits per heavy atom. The first-order valence-corrected chi connectivity index (χ1v) is 9.46. The number of aliphatic hydroxyl groups excluding tert-OH is 1. The van der Waals surface area contributed by atoms with E-state index < -0.39 is 24.1 Å². The second kappa shape index (κ2) is 9.96. The SMILES string of the molecule is C=CC[C@@]1(OCc2ccccc2)[C@@H](COCc2ccccc2)O[C@@H](OC)[C@@H]1O. The molecular weight excluding hydrogens is 356 g/mol. The molecule has 1 saturated heterocycles. The number of aliphatic hydroxyl groups is 1. The minimum atomic E-state index is -0.991. The van der Waals surface area contributed by atoms with Gasteiger partial charge in [0.25, 0.3) is 0 Å². The highest BCUT2D eigenvalue weighted by Crippen LogP contribution is 2.39. The van der Waals surface area contributed by atoms with Gasteiger partial charge in [-0.25, -0.2) is 0 Å². The fraction of sp³-hybridized carbons (Fsp3) is 0.391. The van der Waals surface area contributed by atoms with E-state index in [9.17, 15) is 5.11 Å². The molecule has 0 bridgehead atoms. The summed E-state index contributed by atoms with van der Waals surface area (Å²) in [5, 5.41) is 10.9. The molecule has 0 spiro atoms. The van der Waals surface area contributed by atoms with Gasteiger partial charge in [-0.1, -0.05) is 66.7 Å². The highest BCUT2D eigenvalue weighted by molar-refractivity contribution is 5.15. The lowest BCUT2D eigenvalue weighted by Crippen LogP contribution is -2.51. The molecular formula is C23H28O5. The third-order valence-corrected chi connectivity index (χ3v) is 5.03. The van der Waals surface area contributed by atoms with Gasteiger partial charge in [0.1, 0.15) is 17.8 Å². The van der Waals surface area contributed by atoms with E-state index in [2.05, 4.69) is 6.58 Å². The van der Waals surface area contributed by atoms with Gasteiger partial charge >= 0.3 is 0 Å². The average Bonchev–Trinajstić information content (AvgIpc) is 3.00. The summed E-state index contributed by atoms with van der Waals surface area (Å²) < 4.78 is 23.4. The molecule has 2 aromatic carbocycles. The van der Waals surface area contributed by atoms with E-state index in [-0.39, 0.29) is 6.61 Å². The first-order chi connectivity index (χ1) is 13.7. The van der Waals surface area contributed by atoms with Gasteiger partial charge in [-0.3, -0.25) is 0 Å². The summed E-state index contributed by atoms with van der Waals surface area (Å²) in [6.45, 7) is 4.92. The van der Waals surface area contributed by atoms with Crippen molar-refractivity contribution in [3.63, 3.8) is 0 Å². The molecule has 1 aliphatic heterocycles. The number of hydrogen-bond donors (Lipinski definition) is 1. The Balaban J connectivity index is 1.72. The molecule has 0 aliphatic carbocycles. The molecule has 0 aromatic heterocycles. The molecule has 4 atom stereocenters. The third-order valence-electron chi connectivity index (χ3n) is 5.03. The van der Waals surface area contributed by atoms with E-state index >= 15 is 0 Å². The number of hydrogen-bond acceptors (Lipinski definition) is 5. The fourth-order valence-electron chi connectivity index (χ4n) is 3.50. The van der Waals surface area contributed by atoms with E-state index in [1.54, 1.807) is 6.08 Å². The zero-order valence-corrected chi connectivity index (χ0v) is 16.2. The predicted octanol–water partition coefficient (Wildman–Crippen LogP) is 3.47. The molecule has 5 heteroatoms. The van der Waals surface area contributed by atoms with Gasteiger partial charge in [-0.2, -0.15) is 0 Å². The van der Waals surface area contributed by atoms with Crippen molar-refractivity contribution < 1.29 is 24.1 Å². The second-order valence-corrected chi connectivity index (χ2v) is 6.90. The van der Waals surface area contributed by atoms with E-state index in [1.807, 2.05) is 60.7 Å². The van der Waals surface area contributed by atoms with Crippen molar-refractivity contribution in [2.75, 3.05) is 13.7 Å². The van der Waals surface area contributed by atoms with Gasteiger partial charge in [0.2, 0.25) is 0 Å². The van der Waals surface area contributed by atoms with Gasteiger partial charge in [0, 0.05) is 7.11 Å². The van der Waals surface area contributed by atoms with Crippen LogP contribution in [0.4, 0.5) is 0 Å². The van der Waals surface area contributed by atoms with Crippen LogP contribution in [0.1, 0.15) is 17.5 Å². The smallest absolute Gasteiger partial charge is 0.186 e. The maximum absolute atomic E-state index is 10.9. The normalized spacial score (nSPS) is 27.0. The molecule has 1 aliphatic rings. The summed E-state index contributed by atoms with van der Waals surface area (Å²) in [5.74, 6) is 0. The largest absolute Gasteiger partial charge is 0.385 e. The van der Waals surface area contributed by atoms with E-state index in [0.29, 0.717) is 19.6 Å². The monoisotopic (exact) mass is 384 g/mol. The van der Waals surface area contributed by atoms with Crippen molar-refractivity contribution in [3.8, 4) is 0 Å². The molecule has 2 aromatic rings. The van der Waals surface area contributed by atoms with Gasteiger partial charge in [-0.15, -0.1) is 6.58 Å². The maximum atomic E-state index is 10.9. The molecule has 0 radical (unpaired) electrons. The number of benzene rings is 2. The van der Waals surface area contributed by atoms with Crippen molar-refractivity contribution in [1.29, 1.82) is 0 Å². The second-order valence-electron chi connectivity index (χ2n) is 6.90. The lowest BCUT2D eigenvalue weighted by atomic mass is 9.88. The first kappa shape index (κ1) is 20.7. The molecule has 5 nitrogen and oxygen atoms in total. The Labute approximate surface area is 166 Å². The van der Waals surface area contributed by atoms with E-state index in [1.165, 1.54) is 7.11 Å². The topological polar surface area (TPSA) is 57.2 Å². The molecule has 150 valence electrons. The van der Waals surface area contributed by atoms with Crippen LogP contribution in [0.15, 0.2) is 73.3 Å². The van der Waals surface area contributed by atoms with Crippen LogP contribution in [0.3, 0.4) is 0 Å². The summed E-state index contributed by atoms with van der Waals surface area (Å²) in [5.41, 5.74) is 1.10. The molecule has 0 amide bonds. The average molecular weight is 384 g/mol. The van der Waals surface area contributed by atoms with E-state index in [4.69, 9.17) is 18.9 Å². The van der Waals surface area contributed by atoms with Crippen LogP contribution in [0.5, 0.6) is 0 Å². The van der Waals surface area contributed by atoms with E-state index in [0.717, 1.165) is 11.1 Å². The van der Waals surface area contributed by atoms with Gasteiger partial charge in [0.05, 0.1) is 19.8 Å². The highest BCUT2D eigenvalue weighted by Gasteiger charge is 2.57. The molecule has 28 heavy (non-hydrogen) atoms. The Morgan fingerprint density at radius 3 is 2.21 bits per heavy atom. The summed E-state index contributed by atoms with van der Waals surface area (Å²) in [6, 6.07) is 19.8. The lowest BCUT2D eigenvalue weighted by molar-refractivity contribution is -0.157. The van der Waals surface area contributed by atoms with Gasteiger partial charge in [-0.05, 0) is 17.5 Å². The maximum Gasteiger partial charge on any atom is 0.186 e. The van der Waals surface area contributed by atoms with Crippen molar-refractivity contribution >= 4 is 0 Å². The molecule has 1 N–H and O–H groups in total. The van der Waals surface area contributed by atoms with Crippen molar-refractivity contribution in [1.82, 2.24) is 0 Å². The summed E-state index contributed by atoms with van der Waals surface area (Å²) >= 11 is 0. The zero-order chi connectivity index (χ0) is 19.8. The molecule has 0 unspecified atom stereocenters. The Hall–Kier alpha value is -2.02. The molecule has 1 heterocycles. The van der Waals surface area contributed by atoms with Crippen LogP contribution in [-0.4, -0.2) is 42.9 Å². The molecule has 0 saturated carbocycles. The van der Waals surface area contributed by atoms with Gasteiger partial charge < -0.3 is 24.1 Å². The molecule has 3 rings (SSSR count). The van der Waals surface area contributed by atoms with Crippen LogP contribution in [0, 0.1) is 0 Å². The predicted molar refractivity (Wildman–Crippen MR) is 107 cm³/mol. The minimum Gasteiger partial charge on any atom is -0.385 e.